The summed E-state index contributed by atoms with van der Waals surface area (Å²) in [4.78, 5) is 2.49. The van der Waals surface area contributed by atoms with Gasteiger partial charge in [0.2, 0.25) is 0 Å². The molecular weight excluding hydrogens is 274 g/mol. The molecule has 2 rings (SSSR count). The van der Waals surface area contributed by atoms with Gasteiger partial charge in [0.15, 0.2) is 0 Å². The number of piperidine rings is 1. The summed E-state index contributed by atoms with van der Waals surface area (Å²) in [7, 11) is -3.45. The van der Waals surface area contributed by atoms with E-state index < -0.39 is 10.1 Å². The Morgan fingerprint density at radius 1 is 1.30 bits per heavy atom. The van der Waals surface area contributed by atoms with Crippen LogP contribution in [0.3, 0.4) is 0 Å². The number of benzene rings is 1. The van der Waals surface area contributed by atoms with E-state index in [1.165, 1.54) is 18.5 Å². The van der Waals surface area contributed by atoms with E-state index in [2.05, 4.69) is 17.9 Å². The highest BCUT2D eigenvalue weighted by atomic mass is 32.2. The van der Waals surface area contributed by atoms with Gasteiger partial charge in [-0.1, -0.05) is 19.1 Å². The van der Waals surface area contributed by atoms with E-state index >= 15 is 0 Å². The lowest BCUT2D eigenvalue weighted by atomic mass is 9.89. The van der Waals surface area contributed by atoms with E-state index in [0.717, 1.165) is 32.2 Å². The molecule has 1 fully saturated rings. The van der Waals surface area contributed by atoms with E-state index in [9.17, 15) is 8.42 Å². The average Bonchev–Trinajstić information content (AvgIpc) is 2.38. The minimum Gasteiger partial charge on any atom is -0.383 e. The molecule has 0 saturated carbocycles. The van der Waals surface area contributed by atoms with Gasteiger partial charge in [0.05, 0.1) is 6.26 Å². The molecule has 1 aliphatic rings. The maximum absolute atomic E-state index is 11.2. The van der Waals surface area contributed by atoms with Crippen LogP contribution in [0.15, 0.2) is 24.3 Å². The zero-order valence-corrected chi connectivity index (χ0v) is 13.0. The van der Waals surface area contributed by atoms with Crippen LogP contribution in [0.2, 0.25) is 0 Å². The van der Waals surface area contributed by atoms with Crippen LogP contribution in [0.25, 0.3) is 0 Å². The van der Waals surface area contributed by atoms with Crippen LogP contribution in [-0.4, -0.2) is 39.2 Å². The topological polar surface area (TPSA) is 46.6 Å². The minimum absolute atomic E-state index is 0.418. The highest BCUT2D eigenvalue weighted by Crippen LogP contribution is 2.30. The summed E-state index contributed by atoms with van der Waals surface area (Å²) in [5.74, 6) is 0.923. The van der Waals surface area contributed by atoms with Gasteiger partial charge in [-0.15, -0.1) is 0 Å². The Balaban J connectivity index is 2.01. The second-order valence-corrected chi connectivity index (χ2v) is 7.05. The Kier molecular flexibility index (Phi) is 5.05. The van der Waals surface area contributed by atoms with E-state index in [4.69, 9.17) is 4.18 Å². The first kappa shape index (κ1) is 15.3. The molecule has 5 heteroatoms. The minimum atomic E-state index is -3.45. The largest absolute Gasteiger partial charge is 0.383 e. The van der Waals surface area contributed by atoms with Crippen molar-refractivity contribution in [3.05, 3.63) is 29.8 Å². The molecule has 0 aromatic heterocycles. The summed E-state index contributed by atoms with van der Waals surface area (Å²) in [6.07, 6.45) is 4.52. The van der Waals surface area contributed by atoms with Crippen LogP contribution in [-0.2, 0) is 10.1 Å². The Morgan fingerprint density at radius 2 is 2.00 bits per heavy atom. The van der Waals surface area contributed by atoms with Gasteiger partial charge in [0, 0.05) is 0 Å². The van der Waals surface area contributed by atoms with Gasteiger partial charge in [0.25, 0.3) is 0 Å². The third kappa shape index (κ3) is 4.49. The Hall–Kier alpha value is -1.07. The quantitative estimate of drug-likeness (QED) is 0.784. The molecule has 1 saturated heterocycles. The molecular formula is C15H23NO3S. The number of nitrogens with zero attached hydrogens (tertiary/aromatic N) is 1. The van der Waals surface area contributed by atoms with Crippen LogP contribution in [0.4, 0.5) is 0 Å². The normalized spacial score (nSPS) is 18.1. The van der Waals surface area contributed by atoms with Gasteiger partial charge in [0.1, 0.15) is 5.75 Å². The van der Waals surface area contributed by atoms with Crippen molar-refractivity contribution in [3.63, 3.8) is 0 Å². The summed E-state index contributed by atoms with van der Waals surface area (Å²) in [5.41, 5.74) is 1.18. The van der Waals surface area contributed by atoms with Crippen LogP contribution in [0.5, 0.6) is 5.75 Å². The molecule has 0 spiro atoms. The van der Waals surface area contributed by atoms with Crippen molar-refractivity contribution in [2.75, 3.05) is 25.9 Å². The molecule has 0 N–H and O–H groups in total. The summed E-state index contributed by atoms with van der Waals surface area (Å²) in [6.45, 7) is 5.62. The first-order chi connectivity index (χ1) is 9.48. The summed E-state index contributed by atoms with van der Waals surface area (Å²) < 4.78 is 27.3. The van der Waals surface area contributed by atoms with E-state index in [1.807, 2.05) is 12.1 Å². The molecule has 1 aromatic carbocycles. The van der Waals surface area contributed by atoms with E-state index in [1.54, 1.807) is 6.07 Å². The molecule has 0 radical (unpaired) electrons. The molecule has 4 nitrogen and oxygen atoms in total. The van der Waals surface area contributed by atoms with Crippen LogP contribution in [0, 0.1) is 0 Å². The Labute approximate surface area is 121 Å². The van der Waals surface area contributed by atoms with Gasteiger partial charge < -0.3 is 9.08 Å². The summed E-state index contributed by atoms with van der Waals surface area (Å²) >= 11 is 0. The van der Waals surface area contributed by atoms with E-state index in [0.29, 0.717) is 11.7 Å². The van der Waals surface area contributed by atoms with Gasteiger partial charge in [-0.2, -0.15) is 8.42 Å². The molecule has 0 atom stereocenters. The fraction of sp³-hybridized carbons (Fsp3) is 0.600. The summed E-state index contributed by atoms with van der Waals surface area (Å²) in [5, 5.41) is 0. The highest BCUT2D eigenvalue weighted by Gasteiger charge is 2.20. The lowest BCUT2D eigenvalue weighted by Crippen LogP contribution is -2.33. The zero-order valence-electron chi connectivity index (χ0n) is 12.2. The molecule has 20 heavy (non-hydrogen) atoms. The third-order valence-electron chi connectivity index (χ3n) is 3.70. The molecule has 0 aliphatic carbocycles. The van der Waals surface area contributed by atoms with Gasteiger partial charge in [-0.3, -0.25) is 0 Å². The average molecular weight is 297 g/mol. The first-order valence-corrected chi connectivity index (χ1v) is 9.01. The van der Waals surface area contributed by atoms with Crippen molar-refractivity contribution < 1.29 is 12.6 Å². The van der Waals surface area contributed by atoms with Crippen LogP contribution >= 0.6 is 0 Å². The fourth-order valence-electron chi connectivity index (χ4n) is 2.80. The number of likely N-dealkylation sites (tertiary alicyclic amines) is 1. The van der Waals surface area contributed by atoms with Crippen molar-refractivity contribution in [1.29, 1.82) is 0 Å². The van der Waals surface area contributed by atoms with Crippen molar-refractivity contribution in [2.45, 2.75) is 32.1 Å². The van der Waals surface area contributed by atoms with Gasteiger partial charge in [-0.25, -0.2) is 0 Å². The lowest BCUT2D eigenvalue weighted by molar-refractivity contribution is 0.212. The molecule has 0 bridgehead atoms. The monoisotopic (exact) mass is 297 g/mol. The first-order valence-electron chi connectivity index (χ1n) is 7.19. The van der Waals surface area contributed by atoms with Crippen molar-refractivity contribution in [3.8, 4) is 5.75 Å². The molecule has 112 valence electrons. The zero-order chi connectivity index (χ0) is 14.6. The fourth-order valence-corrected chi connectivity index (χ4v) is 3.25. The maximum atomic E-state index is 11.2. The number of rotatable bonds is 5. The van der Waals surface area contributed by atoms with Gasteiger partial charge in [-0.05, 0) is 62.5 Å². The second kappa shape index (κ2) is 6.59. The predicted molar refractivity (Wildman–Crippen MR) is 80.6 cm³/mol. The smallest absolute Gasteiger partial charge is 0.306 e. The lowest BCUT2D eigenvalue weighted by Gasteiger charge is -2.32. The maximum Gasteiger partial charge on any atom is 0.306 e. The Morgan fingerprint density at radius 3 is 2.60 bits per heavy atom. The van der Waals surface area contributed by atoms with Crippen molar-refractivity contribution in [2.24, 2.45) is 0 Å². The molecule has 0 amide bonds. The Bertz CT molecular complexity index is 534. The molecule has 1 aliphatic heterocycles. The molecule has 1 aromatic rings. The summed E-state index contributed by atoms with van der Waals surface area (Å²) in [6, 6.07) is 7.49. The molecule has 1 heterocycles. The standard InChI is InChI=1S/C15H23NO3S/c1-3-9-16-10-7-13(8-11-16)14-5-4-6-15(12-14)19-20(2,17)18/h4-6,12-13H,3,7-11H2,1-2H3. The predicted octanol–water partition coefficient (Wildman–Crippen LogP) is 2.61. The van der Waals surface area contributed by atoms with Crippen molar-refractivity contribution in [1.82, 2.24) is 4.90 Å². The van der Waals surface area contributed by atoms with Crippen molar-refractivity contribution >= 4 is 10.1 Å². The second-order valence-electron chi connectivity index (χ2n) is 5.48. The van der Waals surface area contributed by atoms with Crippen LogP contribution in [0.1, 0.15) is 37.7 Å². The molecule has 0 unspecified atom stereocenters. The highest BCUT2D eigenvalue weighted by molar-refractivity contribution is 7.86. The third-order valence-corrected chi connectivity index (χ3v) is 4.20. The van der Waals surface area contributed by atoms with E-state index in [-0.39, 0.29) is 0 Å². The SMILES string of the molecule is CCCN1CCC(c2cccc(OS(C)(=O)=O)c2)CC1. The number of hydrogen-bond acceptors (Lipinski definition) is 4. The van der Waals surface area contributed by atoms with Gasteiger partial charge >= 0.3 is 10.1 Å². The number of hydrogen-bond donors (Lipinski definition) is 0. The van der Waals surface area contributed by atoms with Crippen LogP contribution < -0.4 is 4.18 Å².